The minimum atomic E-state index is -0.222. The fraction of sp³-hybridized carbons (Fsp3) is 0.294. The summed E-state index contributed by atoms with van der Waals surface area (Å²) in [6, 6.07) is 12.5. The molecule has 0 bridgehead atoms. The van der Waals surface area contributed by atoms with Crippen molar-refractivity contribution in [2.24, 2.45) is 0 Å². The molecule has 0 aliphatic heterocycles. The van der Waals surface area contributed by atoms with Gasteiger partial charge in [0.05, 0.1) is 14.2 Å². The van der Waals surface area contributed by atoms with E-state index in [0.29, 0.717) is 11.5 Å². The first kappa shape index (κ1) is 15.3. The Morgan fingerprint density at radius 2 is 1.67 bits per heavy atom. The SMILES string of the molecule is CNC(Cc1ccc(OC)c(OC)c1)c1ccc(F)cc1. The standard InChI is InChI=1S/C17H20FNO2/c1-19-15(13-5-7-14(18)8-6-13)10-12-4-9-16(20-2)17(11-12)21-3/h4-9,11,15,19H,10H2,1-3H3. The van der Waals surface area contributed by atoms with Crippen molar-refractivity contribution in [2.75, 3.05) is 21.3 Å². The molecule has 4 heteroatoms. The second-order valence-electron chi connectivity index (χ2n) is 4.79. The average Bonchev–Trinajstić information content (AvgIpc) is 2.53. The Balaban J connectivity index is 2.20. The van der Waals surface area contributed by atoms with Crippen LogP contribution in [-0.4, -0.2) is 21.3 Å². The fourth-order valence-electron chi connectivity index (χ4n) is 2.32. The van der Waals surface area contributed by atoms with Crippen molar-refractivity contribution in [1.82, 2.24) is 5.32 Å². The van der Waals surface area contributed by atoms with E-state index < -0.39 is 0 Å². The van der Waals surface area contributed by atoms with E-state index in [-0.39, 0.29) is 11.9 Å². The van der Waals surface area contributed by atoms with E-state index in [0.717, 1.165) is 17.5 Å². The van der Waals surface area contributed by atoms with Crippen LogP contribution in [0.4, 0.5) is 4.39 Å². The number of benzene rings is 2. The van der Waals surface area contributed by atoms with E-state index in [1.165, 1.54) is 12.1 Å². The molecule has 0 aliphatic rings. The van der Waals surface area contributed by atoms with Crippen LogP contribution >= 0.6 is 0 Å². The Bertz CT molecular complexity index is 584. The van der Waals surface area contributed by atoms with Gasteiger partial charge in [0.15, 0.2) is 11.5 Å². The molecule has 0 aromatic heterocycles. The normalized spacial score (nSPS) is 12.0. The molecule has 0 saturated carbocycles. The summed E-state index contributed by atoms with van der Waals surface area (Å²) in [6.45, 7) is 0. The number of methoxy groups -OCH3 is 2. The molecule has 1 atom stereocenters. The highest BCUT2D eigenvalue weighted by molar-refractivity contribution is 5.43. The van der Waals surface area contributed by atoms with Gasteiger partial charge >= 0.3 is 0 Å². The first-order valence-corrected chi connectivity index (χ1v) is 6.81. The van der Waals surface area contributed by atoms with Crippen molar-refractivity contribution in [3.05, 3.63) is 59.4 Å². The maximum atomic E-state index is 13.0. The lowest BCUT2D eigenvalue weighted by atomic mass is 9.98. The molecular weight excluding hydrogens is 269 g/mol. The highest BCUT2D eigenvalue weighted by Gasteiger charge is 2.12. The largest absolute Gasteiger partial charge is 0.493 e. The zero-order valence-electron chi connectivity index (χ0n) is 12.5. The molecule has 1 unspecified atom stereocenters. The molecule has 0 radical (unpaired) electrons. The van der Waals surface area contributed by atoms with Gasteiger partial charge in [0, 0.05) is 6.04 Å². The third kappa shape index (κ3) is 3.73. The highest BCUT2D eigenvalue weighted by atomic mass is 19.1. The van der Waals surface area contributed by atoms with E-state index in [4.69, 9.17) is 9.47 Å². The maximum Gasteiger partial charge on any atom is 0.160 e. The van der Waals surface area contributed by atoms with Crippen LogP contribution in [0.25, 0.3) is 0 Å². The number of hydrogen-bond donors (Lipinski definition) is 1. The van der Waals surface area contributed by atoms with Gasteiger partial charge in [0.2, 0.25) is 0 Å². The highest BCUT2D eigenvalue weighted by Crippen LogP contribution is 2.29. The van der Waals surface area contributed by atoms with Crippen LogP contribution in [0.5, 0.6) is 11.5 Å². The van der Waals surface area contributed by atoms with E-state index >= 15 is 0 Å². The zero-order valence-corrected chi connectivity index (χ0v) is 12.5. The quantitative estimate of drug-likeness (QED) is 0.884. The number of halogens is 1. The predicted molar refractivity (Wildman–Crippen MR) is 81.5 cm³/mol. The maximum absolute atomic E-state index is 13.0. The lowest BCUT2D eigenvalue weighted by Crippen LogP contribution is -2.18. The van der Waals surface area contributed by atoms with E-state index in [1.807, 2.05) is 25.2 Å². The Labute approximate surface area is 124 Å². The molecular formula is C17H20FNO2. The number of nitrogens with one attached hydrogen (secondary N) is 1. The summed E-state index contributed by atoms with van der Waals surface area (Å²) in [5.74, 6) is 1.20. The number of ether oxygens (including phenoxy) is 2. The number of rotatable bonds is 6. The lowest BCUT2D eigenvalue weighted by Gasteiger charge is -2.18. The molecule has 1 N–H and O–H groups in total. The monoisotopic (exact) mass is 289 g/mol. The first-order chi connectivity index (χ1) is 10.2. The summed E-state index contributed by atoms with van der Waals surface area (Å²) in [5, 5.41) is 3.26. The van der Waals surface area contributed by atoms with Gasteiger partial charge in [0.25, 0.3) is 0 Å². The van der Waals surface area contributed by atoms with Gasteiger partial charge < -0.3 is 14.8 Å². The van der Waals surface area contributed by atoms with Crippen molar-refractivity contribution in [3.8, 4) is 11.5 Å². The minimum absolute atomic E-state index is 0.115. The fourth-order valence-corrected chi connectivity index (χ4v) is 2.32. The molecule has 0 fully saturated rings. The van der Waals surface area contributed by atoms with Crippen molar-refractivity contribution in [1.29, 1.82) is 0 Å². The molecule has 2 rings (SSSR count). The molecule has 21 heavy (non-hydrogen) atoms. The summed E-state index contributed by atoms with van der Waals surface area (Å²) >= 11 is 0. The van der Waals surface area contributed by atoms with E-state index in [1.54, 1.807) is 26.4 Å². The molecule has 112 valence electrons. The van der Waals surface area contributed by atoms with Crippen LogP contribution in [0.1, 0.15) is 17.2 Å². The third-order valence-electron chi connectivity index (χ3n) is 3.51. The van der Waals surface area contributed by atoms with Crippen molar-refractivity contribution in [3.63, 3.8) is 0 Å². The Hall–Kier alpha value is -2.07. The predicted octanol–water partition coefficient (Wildman–Crippen LogP) is 3.35. The van der Waals surface area contributed by atoms with Gasteiger partial charge in [0.1, 0.15) is 5.82 Å². The van der Waals surface area contributed by atoms with Crippen LogP contribution in [-0.2, 0) is 6.42 Å². The van der Waals surface area contributed by atoms with Crippen LogP contribution < -0.4 is 14.8 Å². The van der Waals surface area contributed by atoms with Crippen LogP contribution in [0.15, 0.2) is 42.5 Å². The summed E-state index contributed by atoms with van der Waals surface area (Å²) in [7, 11) is 5.14. The molecule has 0 aliphatic carbocycles. The number of hydrogen-bond acceptors (Lipinski definition) is 3. The van der Waals surface area contributed by atoms with Gasteiger partial charge in [-0.2, -0.15) is 0 Å². The molecule has 0 spiro atoms. The van der Waals surface area contributed by atoms with Gasteiger partial charge in [-0.3, -0.25) is 0 Å². The van der Waals surface area contributed by atoms with Gasteiger partial charge in [-0.1, -0.05) is 18.2 Å². The minimum Gasteiger partial charge on any atom is -0.493 e. The van der Waals surface area contributed by atoms with Gasteiger partial charge in [-0.25, -0.2) is 4.39 Å². The molecule has 2 aromatic carbocycles. The Morgan fingerprint density at radius 1 is 1.00 bits per heavy atom. The molecule has 0 saturated heterocycles. The molecule has 3 nitrogen and oxygen atoms in total. The van der Waals surface area contributed by atoms with Crippen LogP contribution in [0, 0.1) is 5.82 Å². The van der Waals surface area contributed by atoms with E-state index in [9.17, 15) is 4.39 Å². The smallest absolute Gasteiger partial charge is 0.160 e. The summed E-state index contributed by atoms with van der Waals surface area (Å²) in [6.07, 6.45) is 0.780. The average molecular weight is 289 g/mol. The zero-order chi connectivity index (χ0) is 15.2. The number of likely N-dealkylation sites (N-methyl/N-ethyl adjacent to an activating group) is 1. The van der Waals surface area contributed by atoms with Crippen molar-refractivity contribution < 1.29 is 13.9 Å². The summed E-state index contributed by atoms with van der Waals surface area (Å²) < 4.78 is 23.6. The van der Waals surface area contributed by atoms with Crippen molar-refractivity contribution >= 4 is 0 Å². The molecule has 0 amide bonds. The molecule has 0 heterocycles. The summed E-state index contributed by atoms with van der Waals surface area (Å²) in [4.78, 5) is 0. The van der Waals surface area contributed by atoms with Crippen LogP contribution in [0.3, 0.4) is 0 Å². The van der Waals surface area contributed by atoms with Crippen LogP contribution in [0.2, 0.25) is 0 Å². The Kier molecular flexibility index (Phi) is 5.17. The van der Waals surface area contributed by atoms with Gasteiger partial charge in [-0.05, 0) is 48.9 Å². The first-order valence-electron chi connectivity index (χ1n) is 6.81. The third-order valence-corrected chi connectivity index (χ3v) is 3.51. The second kappa shape index (κ2) is 7.09. The lowest BCUT2D eigenvalue weighted by molar-refractivity contribution is 0.354. The van der Waals surface area contributed by atoms with Gasteiger partial charge in [-0.15, -0.1) is 0 Å². The molecule has 2 aromatic rings. The second-order valence-corrected chi connectivity index (χ2v) is 4.79. The summed E-state index contributed by atoms with van der Waals surface area (Å²) in [5.41, 5.74) is 2.17. The topological polar surface area (TPSA) is 30.5 Å². The van der Waals surface area contributed by atoms with Crippen molar-refractivity contribution in [2.45, 2.75) is 12.5 Å². The van der Waals surface area contributed by atoms with E-state index in [2.05, 4.69) is 5.32 Å². The Morgan fingerprint density at radius 3 is 2.24 bits per heavy atom.